The molecule has 23 heavy (non-hydrogen) atoms. The zero-order valence-corrected chi connectivity index (χ0v) is 13.7. The van der Waals surface area contributed by atoms with Crippen molar-refractivity contribution < 1.29 is 18.0 Å². The second-order valence-electron chi connectivity index (χ2n) is 5.37. The lowest BCUT2D eigenvalue weighted by atomic mass is 10.0. The first-order valence-electron chi connectivity index (χ1n) is 7.22. The van der Waals surface area contributed by atoms with Gasteiger partial charge in [-0.2, -0.15) is 12.7 Å². The summed E-state index contributed by atoms with van der Waals surface area (Å²) in [5.41, 5.74) is 12.6. The molecule has 0 spiro atoms. The van der Waals surface area contributed by atoms with E-state index in [0.29, 0.717) is 23.2 Å². The number of nitrogens with two attached hydrogens (primary N) is 2. The third-order valence-electron chi connectivity index (χ3n) is 3.63. The van der Waals surface area contributed by atoms with Gasteiger partial charge in [0.15, 0.2) is 0 Å². The van der Waals surface area contributed by atoms with Crippen LogP contribution in [0.1, 0.15) is 24.5 Å². The first kappa shape index (κ1) is 17.2. The predicted molar refractivity (Wildman–Crippen MR) is 85.1 cm³/mol. The molecule has 4 N–H and O–H groups in total. The van der Waals surface area contributed by atoms with Crippen LogP contribution in [0.25, 0.3) is 0 Å². The van der Waals surface area contributed by atoms with Crippen LogP contribution < -0.4 is 11.5 Å². The predicted octanol–water partition coefficient (Wildman–Crippen LogP) is -0.404. The molecule has 1 aromatic rings. The largest absolute Gasteiger partial charge is 0.398 e. The van der Waals surface area contributed by atoms with Crippen LogP contribution in [0.2, 0.25) is 0 Å². The SMILES string of the molecule is CCCN1C(=O)CN(Cc2c(N)cccc2CC(N)=O)S1(=O)=O. The van der Waals surface area contributed by atoms with Crippen molar-refractivity contribution in [1.29, 1.82) is 0 Å². The number of hydrogen-bond acceptors (Lipinski definition) is 5. The van der Waals surface area contributed by atoms with Crippen molar-refractivity contribution >= 4 is 27.7 Å². The third-order valence-corrected chi connectivity index (χ3v) is 5.48. The summed E-state index contributed by atoms with van der Waals surface area (Å²) in [4.78, 5) is 23.1. The van der Waals surface area contributed by atoms with E-state index in [-0.39, 0.29) is 26.1 Å². The fraction of sp³-hybridized carbons (Fsp3) is 0.429. The van der Waals surface area contributed by atoms with E-state index < -0.39 is 22.0 Å². The Balaban J connectivity index is 2.33. The molecule has 0 bridgehead atoms. The summed E-state index contributed by atoms with van der Waals surface area (Å²) in [6.07, 6.45) is 0.500. The van der Waals surface area contributed by atoms with Crippen LogP contribution in [0.15, 0.2) is 18.2 Å². The molecule has 0 atom stereocenters. The average molecular weight is 340 g/mol. The second kappa shape index (κ2) is 6.55. The van der Waals surface area contributed by atoms with Gasteiger partial charge < -0.3 is 11.5 Å². The van der Waals surface area contributed by atoms with Crippen LogP contribution in [0.4, 0.5) is 5.69 Å². The Morgan fingerprint density at radius 1 is 1.35 bits per heavy atom. The Morgan fingerprint density at radius 3 is 2.65 bits per heavy atom. The van der Waals surface area contributed by atoms with Crippen molar-refractivity contribution in [3.63, 3.8) is 0 Å². The molecule has 1 aromatic carbocycles. The standard InChI is InChI=1S/C14H20N4O4S/c1-2-6-18-14(20)9-17(23(18,21)22)8-11-10(7-13(16)19)4-3-5-12(11)15/h3-5H,2,6-9,15H2,1H3,(H2,16,19). The van der Waals surface area contributed by atoms with Crippen LogP contribution in [0, 0.1) is 0 Å². The molecule has 0 unspecified atom stereocenters. The molecular formula is C14H20N4O4S. The van der Waals surface area contributed by atoms with Crippen LogP contribution >= 0.6 is 0 Å². The lowest BCUT2D eigenvalue weighted by Gasteiger charge is -2.20. The van der Waals surface area contributed by atoms with E-state index in [1.807, 2.05) is 0 Å². The molecule has 9 heteroatoms. The van der Waals surface area contributed by atoms with E-state index in [9.17, 15) is 18.0 Å². The highest BCUT2D eigenvalue weighted by Gasteiger charge is 2.42. The molecular weight excluding hydrogens is 320 g/mol. The van der Waals surface area contributed by atoms with Gasteiger partial charge in [-0.1, -0.05) is 19.1 Å². The fourth-order valence-electron chi connectivity index (χ4n) is 2.54. The van der Waals surface area contributed by atoms with Gasteiger partial charge in [0.1, 0.15) is 0 Å². The maximum Gasteiger partial charge on any atom is 0.307 e. The molecule has 126 valence electrons. The average Bonchev–Trinajstić information content (AvgIpc) is 2.65. The van der Waals surface area contributed by atoms with Gasteiger partial charge in [-0.25, -0.2) is 4.31 Å². The number of carbonyl (C=O) groups is 2. The quantitative estimate of drug-likeness (QED) is 0.681. The highest BCUT2D eigenvalue weighted by atomic mass is 32.2. The Labute approximate surface area is 135 Å². The zero-order valence-electron chi connectivity index (χ0n) is 12.9. The fourth-order valence-corrected chi connectivity index (χ4v) is 4.11. The lowest BCUT2D eigenvalue weighted by molar-refractivity contribution is -0.124. The number of amides is 2. The highest BCUT2D eigenvalue weighted by molar-refractivity contribution is 7.87. The maximum absolute atomic E-state index is 12.4. The summed E-state index contributed by atoms with van der Waals surface area (Å²) in [5.74, 6) is -0.998. The van der Waals surface area contributed by atoms with Gasteiger partial charge in [0, 0.05) is 18.8 Å². The van der Waals surface area contributed by atoms with E-state index in [4.69, 9.17) is 11.5 Å². The number of nitrogen functional groups attached to an aromatic ring is 1. The zero-order chi connectivity index (χ0) is 17.2. The molecule has 1 aliphatic rings. The number of anilines is 1. The molecule has 1 heterocycles. The first-order chi connectivity index (χ1) is 10.8. The number of carbonyl (C=O) groups excluding carboxylic acids is 2. The monoisotopic (exact) mass is 340 g/mol. The minimum absolute atomic E-state index is 0.0408. The number of nitrogens with zero attached hydrogens (tertiary/aromatic N) is 2. The second-order valence-corrected chi connectivity index (χ2v) is 7.22. The number of hydrogen-bond donors (Lipinski definition) is 2. The number of primary amides is 1. The number of benzene rings is 1. The van der Waals surface area contributed by atoms with Crippen molar-refractivity contribution in [2.24, 2.45) is 5.73 Å². The van der Waals surface area contributed by atoms with E-state index >= 15 is 0 Å². The number of rotatable bonds is 6. The van der Waals surface area contributed by atoms with E-state index in [0.717, 1.165) is 8.61 Å². The molecule has 1 saturated heterocycles. The highest BCUT2D eigenvalue weighted by Crippen LogP contribution is 2.25. The molecule has 1 aliphatic heterocycles. The summed E-state index contributed by atoms with van der Waals surface area (Å²) in [7, 11) is -3.85. The van der Waals surface area contributed by atoms with Gasteiger partial charge in [0.25, 0.3) is 5.91 Å². The summed E-state index contributed by atoms with van der Waals surface area (Å²) in [5, 5.41) is 0. The molecule has 2 amide bonds. The van der Waals surface area contributed by atoms with Gasteiger partial charge in [-0.15, -0.1) is 0 Å². The Kier molecular flexibility index (Phi) is 4.90. The normalized spacial score (nSPS) is 17.6. The summed E-state index contributed by atoms with van der Waals surface area (Å²) < 4.78 is 26.8. The summed E-state index contributed by atoms with van der Waals surface area (Å²) >= 11 is 0. The molecule has 0 aromatic heterocycles. The van der Waals surface area contributed by atoms with Crippen LogP contribution in [-0.4, -0.2) is 41.9 Å². The van der Waals surface area contributed by atoms with E-state index in [1.165, 1.54) is 0 Å². The van der Waals surface area contributed by atoms with E-state index in [2.05, 4.69) is 0 Å². The third kappa shape index (κ3) is 3.45. The molecule has 0 saturated carbocycles. The minimum atomic E-state index is -3.85. The van der Waals surface area contributed by atoms with Crippen LogP contribution in [0.5, 0.6) is 0 Å². The molecule has 2 rings (SSSR count). The van der Waals surface area contributed by atoms with Gasteiger partial charge in [0.2, 0.25) is 5.91 Å². The van der Waals surface area contributed by atoms with Crippen molar-refractivity contribution in [3.05, 3.63) is 29.3 Å². The maximum atomic E-state index is 12.4. The van der Waals surface area contributed by atoms with Gasteiger partial charge in [0.05, 0.1) is 13.0 Å². The molecule has 0 aliphatic carbocycles. The van der Waals surface area contributed by atoms with Crippen molar-refractivity contribution in [3.8, 4) is 0 Å². The molecule has 8 nitrogen and oxygen atoms in total. The van der Waals surface area contributed by atoms with Gasteiger partial charge in [-0.3, -0.25) is 9.59 Å². The van der Waals surface area contributed by atoms with Crippen LogP contribution in [0.3, 0.4) is 0 Å². The summed E-state index contributed by atoms with van der Waals surface area (Å²) in [6.45, 7) is 1.65. The Morgan fingerprint density at radius 2 is 2.04 bits per heavy atom. The summed E-state index contributed by atoms with van der Waals surface area (Å²) in [6, 6.07) is 4.96. The first-order valence-corrected chi connectivity index (χ1v) is 8.62. The van der Waals surface area contributed by atoms with Crippen molar-refractivity contribution in [1.82, 2.24) is 8.61 Å². The lowest BCUT2D eigenvalue weighted by Crippen LogP contribution is -2.34. The Bertz CT molecular complexity index is 732. The van der Waals surface area contributed by atoms with Gasteiger partial charge >= 0.3 is 10.2 Å². The van der Waals surface area contributed by atoms with Crippen LogP contribution in [-0.2, 0) is 32.8 Å². The van der Waals surface area contributed by atoms with Crippen molar-refractivity contribution in [2.75, 3.05) is 18.8 Å². The smallest absolute Gasteiger partial charge is 0.307 e. The topological polar surface area (TPSA) is 127 Å². The molecule has 1 fully saturated rings. The van der Waals surface area contributed by atoms with Gasteiger partial charge in [-0.05, 0) is 23.6 Å². The van der Waals surface area contributed by atoms with Crippen molar-refractivity contribution in [2.45, 2.75) is 26.3 Å². The molecule has 0 radical (unpaired) electrons. The minimum Gasteiger partial charge on any atom is -0.398 e. The Hall–Kier alpha value is -2.13. The van der Waals surface area contributed by atoms with E-state index in [1.54, 1.807) is 25.1 Å².